The van der Waals surface area contributed by atoms with Gasteiger partial charge in [-0.25, -0.2) is 4.98 Å². The molecule has 4 nitrogen and oxygen atoms in total. The standard InChI is InChI=1S/C15H21N3O/c1-12(2)11-19-9-8-18-7-6-17-15(18)13-4-3-5-14(16)10-13/h3-7,10,12H,8-9,11,16H2,1-2H3. The number of imidazole rings is 1. The zero-order valence-electron chi connectivity index (χ0n) is 11.5. The number of nitrogens with two attached hydrogens (primary N) is 1. The van der Waals surface area contributed by atoms with E-state index in [1.165, 1.54) is 0 Å². The number of hydrogen-bond acceptors (Lipinski definition) is 3. The molecule has 1 aromatic carbocycles. The number of nitrogen functional groups attached to an aromatic ring is 1. The highest BCUT2D eigenvalue weighted by Crippen LogP contribution is 2.19. The molecule has 0 radical (unpaired) electrons. The van der Waals surface area contributed by atoms with E-state index < -0.39 is 0 Å². The second-order valence-corrected chi connectivity index (χ2v) is 5.04. The maximum atomic E-state index is 5.81. The minimum absolute atomic E-state index is 0.566. The lowest BCUT2D eigenvalue weighted by Crippen LogP contribution is -2.10. The van der Waals surface area contributed by atoms with Crippen molar-refractivity contribution in [1.82, 2.24) is 9.55 Å². The fraction of sp³-hybridized carbons (Fsp3) is 0.400. The molecule has 4 heteroatoms. The summed E-state index contributed by atoms with van der Waals surface area (Å²) in [5, 5.41) is 0. The van der Waals surface area contributed by atoms with Gasteiger partial charge in [0.15, 0.2) is 0 Å². The van der Waals surface area contributed by atoms with E-state index in [0.717, 1.165) is 30.2 Å². The fourth-order valence-electron chi connectivity index (χ4n) is 1.91. The fourth-order valence-corrected chi connectivity index (χ4v) is 1.91. The first-order valence-electron chi connectivity index (χ1n) is 6.61. The molecule has 0 unspecified atom stereocenters. The van der Waals surface area contributed by atoms with Gasteiger partial charge in [0.05, 0.1) is 6.61 Å². The van der Waals surface area contributed by atoms with E-state index in [1.54, 1.807) is 6.20 Å². The highest BCUT2D eigenvalue weighted by Gasteiger charge is 2.06. The molecule has 0 fully saturated rings. The molecule has 0 aliphatic rings. The van der Waals surface area contributed by atoms with Crippen LogP contribution in [0.15, 0.2) is 36.7 Å². The molecule has 1 heterocycles. The minimum atomic E-state index is 0.566. The van der Waals surface area contributed by atoms with Crippen LogP contribution < -0.4 is 5.73 Å². The van der Waals surface area contributed by atoms with E-state index in [-0.39, 0.29) is 0 Å². The van der Waals surface area contributed by atoms with Crippen LogP contribution in [0.25, 0.3) is 11.4 Å². The van der Waals surface area contributed by atoms with E-state index in [0.29, 0.717) is 12.5 Å². The first kappa shape index (κ1) is 13.6. The maximum Gasteiger partial charge on any atom is 0.140 e. The highest BCUT2D eigenvalue weighted by atomic mass is 16.5. The number of rotatable bonds is 6. The average molecular weight is 259 g/mol. The maximum absolute atomic E-state index is 5.81. The van der Waals surface area contributed by atoms with Gasteiger partial charge in [-0.2, -0.15) is 0 Å². The van der Waals surface area contributed by atoms with Crippen molar-refractivity contribution in [1.29, 1.82) is 0 Å². The summed E-state index contributed by atoms with van der Waals surface area (Å²) in [4.78, 5) is 4.39. The largest absolute Gasteiger partial charge is 0.399 e. The predicted molar refractivity (Wildman–Crippen MR) is 77.7 cm³/mol. The molecule has 2 rings (SSSR count). The Kier molecular flexibility index (Phi) is 4.58. The van der Waals surface area contributed by atoms with Crippen LogP contribution in [0.5, 0.6) is 0 Å². The van der Waals surface area contributed by atoms with Crippen LogP contribution in [0.3, 0.4) is 0 Å². The molecule has 19 heavy (non-hydrogen) atoms. The van der Waals surface area contributed by atoms with Gasteiger partial charge in [0.2, 0.25) is 0 Å². The van der Waals surface area contributed by atoms with Gasteiger partial charge in [-0.3, -0.25) is 0 Å². The monoisotopic (exact) mass is 259 g/mol. The lowest BCUT2D eigenvalue weighted by Gasteiger charge is -2.10. The van der Waals surface area contributed by atoms with Crippen LogP contribution in [-0.4, -0.2) is 22.8 Å². The third-order valence-electron chi connectivity index (χ3n) is 2.79. The van der Waals surface area contributed by atoms with Crippen molar-refractivity contribution in [3.63, 3.8) is 0 Å². The molecular formula is C15H21N3O. The minimum Gasteiger partial charge on any atom is -0.399 e. The topological polar surface area (TPSA) is 53.1 Å². The Morgan fingerprint density at radius 2 is 2.21 bits per heavy atom. The van der Waals surface area contributed by atoms with Crippen molar-refractivity contribution in [2.45, 2.75) is 20.4 Å². The molecule has 0 aliphatic heterocycles. The SMILES string of the molecule is CC(C)COCCn1ccnc1-c1cccc(N)c1. The van der Waals surface area contributed by atoms with Gasteiger partial charge >= 0.3 is 0 Å². The van der Waals surface area contributed by atoms with Crippen molar-refractivity contribution in [2.75, 3.05) is 18.9 Å². The molecule has 0 atom stereocenters. The van der Waals surface area contributed by atoms with Gasteiger partial charge in [-0.1, -0.05) is 26.0 Å². The van der Waals surface area contributed by atoms with Crippen molar-refractivity contribution in [3.8, 4) is 11.4 Å². The number of nitrogens with zero attached hydrogens (tertiary/aromatic N) is 2. The number of aromatic nitrogens is 2. The summed E-state index contributed by atoms with van der Waals surface area (Å²) in [5.41, 5.74) is 7.60. The van der Waals surface area contributed by atoms with Gasteiger partial charge in [0.1, 0.15) is 5.82 Å². The third-order valence-corrected chi connectivity index (χ3v) is 2.79. The average Bonchev–Trinajstić information content (AvgIpc) is 2.83. The van der Waals surface area contributed by atoms with E-state index in [9.17, 15) is 0 Å². The van der Waals surface area contributed by atoms with E-state index in [2.05, 4.69) is 23.4 Å². The predicted octanol–water partition coefficient (Wildman–Crippen LogP) is 2.80. The van der Waals surface area contributed by atoms with E-state index >= 15 is 0 Å². The summed E-state index contributed by atoms with van der Waals surface area (Å²) >= 11 is 0. The Hall–Kier alpha value is -1.81. The van der Waals surface area contributed by atoms with Crippen LogP contribution >= 0.6 is 0 Å². The number of ether oxygens (including phenoxy) is 1. The molecule has 102 valence electrons. The smallest absolute Gasteiger partial charge is 0.140 e. The molecule has 0 saturated heterocycles. The summed E-state index contributed by atoms with van der Waals surface area (Å²) in [5.74, 6) is 1.50. The number of hydrogen-bond donors (Lipinski definition) is 1. The van der Waals surface area contributed by atoms with Crippen LogP contribution in [0.1, 0.15) is 13.8 Å². The molecule has 0 amide bonds. The normalized spacial score (nSPS) is 11.1. The van der Waals surface area contributed by atoms with Crippen molar-refractivity contribution in [2.24, 2.45) is 5.92 Å². The number of anilines is 1. The summed E-state index contributed by atoms with van der Waals surface area (Å²) in [7, 11) is 0. The summed E-state index contributed by atoms with van der Waals surface area (Å²) in [6, 6.07) is 7.78. The third kappa shape index (κ3) is 3.83. The molecule has 0 spiro atoms. The van der Waals surface area contributed by atoms with Gasteiger partial charge < -0.3 is 15.0 Å². The van der Waals surface area contributed by atoms with Gasteiger partial charge in [-0.15, -0.1) is 0 Å². The Balaban J connectivity index is 2.02. The van der Waals surface area contributed by atoms with E-state index in [1.807, 2.05) is 30.5 Å². The van der Waals surface area contributed by atoms with Gasteiger partial charge in [-0.05, 0) is 18.1 Å². The van der Waals surface area contributed by atoms with Crippen molar-refractivity contribution < 1.29 is 4.74 Å². The van der Waals surface area contributed by atoms with Crippen LogP contribution in [0, 0.1) is 5.92 Å². The highest BCUT2D eigenvalue weighted by molar-refractivity contribution is 5.61. The van der Waals surface area contributed by atoms with Crippen molar-refractivity contribution >= 4 is 5.69 Å². The first-order valence-corrected chi connectivity index (χ1v) is 6.61. The van der Waals surface area contributed by atoms with Crippen molar-refractivity contribution in [3.05, 3.63) is 36.7 Å². The quantitative estimate of drug-likeness (QED) is 0.641. The molecule has 2 aromatic rings. The summed E-state index contributed by atoms with van der Waals surface area (Å²) in [6.07, 6.45) is 3.78. The van der Waals surface area contributed by atoms with Crippen LogP contribution in [0.4, 0.5) is 5.69 Å². The zero-order chi connectivity index (χ0) is 13.7. The Morgan fingerprint density at radius 3 is 2.95 bits per heavy atom. The zero-order valence-corrected chi connectivity index (χ0v) is 11.5. The second kappa shape index (κ2) is 6.38. The lowest BCUT2D eigenvalue weighted by atomic mass is 10.2. The first-order chi connectivity index (χ1) is 9.16. The Labute approximate surface area is 114 Å². The molecule has 1 aromatic heterocycles. The van der Waals surface area contributed by atoms with Gasteiger partial charge in [0, 0.05) is 36.8 Å². The number of benzene rings is 1. The Bertz CT molecular complexity index is 520. The van der Waals surface area contributed by atoms with Gasteiger partial charge in [0.25, 0.3) is 0 Å². The second-order valence-electron chi connectivity index (χ2n) is 5.04. The molecule has 0 bridgehead atoms. The molecular weight excluding hydrogens is 238 g/mol. The Morgan fingerprint density at radius 1 is 1.37 bits per heavy atom. The summed E-state index contributed by atoms with van der Waals surface area (Å²) in [6.45, 7) is 6.59. The van der Waals surface area contributed by atoms with E-state index in [4.69, 9.17) is 10.5 Å². The molecule has 0 saturated carbocycles. The lowest BCUT2D eigenvalue weighted by molar-refractivity contribution is 0.103. The van der Waals surface area contributed by atoms with Crippen LogP contribution in [-0.2, 0) is 11.3 Å². The summed E-state index contributed by atoms with van der Waals surface area (Å²) < 4.78 is 7.70. The molecule has 2 N–H and O–H groups in total. The molecule has 0 aliphatic carbocycles. The van der Waals surface area contributed by atoms with Crippen LogP contribution in [0.2, 0.25) is 0 Å².